The molecule has 0 aromatic rings. The van der Waals surface area contributed by atoms with Crippen LogP contribution >= 0.6 is 0 Å². The van der Waals surface area contributed by atoms with Crippen LogP contribution in [0.3, 0.4) is 0 Å². The van der Waals surface area contributed by atoms with E-state index in [0.29, 0.717) is 13.0 Å². The van der Waals surface area contributed by atoms with Crippen LogP contribution in [0.2, 0.25) is 0 Å². The van der Waals surface area contributed by atoms with Crippen LogP contribution in [-0.4, -0.2) is 50.2 Å². The Balaban J connectivity index is 0.00000289. The maximum Gasteiger partial charge on any atom is 0.190 e. The fourth-order valence-electron chi connectivity index (χ4n) is 2.38. The van der Waals surface area contributed by atoms with Crippen LogP contribution < -0.4 is 24.0 Å². The summed E-state index contributed by atoms with van der Waals surface area (Å²) >= 11 is 0. The number of nitrogens with zero attached hydrogens (tertiary/aromatic N) is 2. The highest BCUT2D eigenvalue weighted by Gasteiger charge is 2.36. The predicted octanol–water partition coefficient (Wildman–Crippen LogP) is -1.09. The molecule has 0 aromatic heterocycles. The van der Waals surface area contributed by atoms with Crippen molar-refractivity contribution in [2.45, 2.75) is 39.3 Å². The molecular weight excluding hydrogens is 343 g/mol. The molecule has 1 fully saturated rings. The van der Waals surface area contributed by atoms with Gasteiger partial charge in [0.15, 0.2) is 6.23 Å². The van der Waals surface area contributed by atoms with Crippen molar-refractivity contribution in [2.75, 3.05) is 39.5 Å². The van der Waals surface area contributed by atoms with Gasteiger partial charge in [0, 0.05) is 6.92 Å². The van der Waals surface area contributed by atoms with Gasteiger partial charge in [0.25, 0.3) is 0 Å². The van der Waals surface area contributed by atoms with Crippen LogP contribution in [0.15, 0.2) is 0 Å². The monoisotopic (exact) mass is 368 g/mol. The first-order valence-electron chi connectivity index (χ1n) is 6.67. The van der Waals surface area contributed by atoms with E-state index in [-0.39, 0.29) is 30.2 Å². The normalized spacial score (nSPS) is 19.6. The Labute approximate surface area is 128 Å². The number of morpholine rings is 1. The number of nitriles is 1. The largest absolute Gasteiger partial charge is 1.00 e. The molecule has 1 aliphatic heterocycles. The maximum absolute atomic E-state index is 8.54. The van der Waals surface area contributed by atoms with Gasteiger partial charge in [-0.1, -0.05) is 13.3 Å². The average Bonchev–Trinajstić information content (AvgIpc) is 2.37. The lowest BCUT2D eigenvalue weighted by atomic mass is 10.2. The highest BCUT2D eigenvalue weighted by atomic mass is 127. The van der Waals surface area contributed by atoms with E-state index in [9.17, 15) is 0 Å². The van der Waals surface area contributed by atoms with Gasteiger partial charge >= 0.3 is 0 Å². The molecule has 106 valence electrons. The zero-order valence-electron chi connectivity index (χ0n) is 11.5. The van der Waals surface area contributed by atoms with Gasteiger partial charge in [-0.15, -0.1) is 0 Å². The van der Waals surface area contributed by atoms with Crippen LogP contribution in [0.1, 0.15) is 33.1 Å². The molecule has 0 amide bonds. The van der Waals surface area contributed by atoms with Gasteiger partial charge in [-0.2, -0.15) is 5.26 Å². The number of halogens is 1. The fraction of sp³-hybridized carbons (Fsp3) is 0.923. The summed E-state index contributed by atoms with van der Waals surface area (Å²) in [4.78, 5) is 0. The molecule has 0 aliphatic carbocycles. The lowest BCUT2D eigenvalue weighted by Gasteiger charge is -2.45. The van der Waals surface area contributed by atoms with E-state index in [2.05, 4.69) is 19.9 Å². The Morgan fingerprint density at radius 1 is 1.39 bits per heavy atom. The second-order valence-corrected chi connectivity index (χ2v) is 4.73. The summed E-state index contributed by atoms with van der Waals surface area (Å²) in [6, 6.07) is 2.13. The highest BCUT2D eigenvalue weighted by molar-refractivity contribution is 4.67. The minimum absolute atomic E-state index is 0. The van der Waals surface area contributed by atoms with Gasteiger partial charge < -0.3 is 33.5 Å². The van der Waals surface area contributed by atoms with E-state index in [0.717, 1.165) is 37.3 Å². The third-order valence-electron chi connectivity index (χ3n) is 3.66. The van der Waals surface area contributed by atoms with Crippen LogP contribution in [0, 0.1) is 11.3 Å². The molecule has 0 bridgehead atoms. The molecule has 0 N–H and O–H groups in total. The van der Waals surface area contributed by atoms with Crippen molar-refractivity contribution < 1.29 is 37.9 Å². The first-order valence-corrected chi connectivity index (χ1v) is 6.67. The van der Waals surface area contributed by atoms with Gasteiger partial charge in [-0.3, -0.25) is 4.48 Å². The predicted molar refractivity (Wildman–Crippen MR) is 66.2 cm³/mol. The molecule has 4 nitrogen and oxygen atoms in total. The van der Waals surface area contributed by atoms with Crippen LogP contribution in [-0.2, 0) is 9.47 Å². The van der Waals surface area contributed by atoms with Crippen LogP contribution in [0.4, 0.5) is 0 Å². The summed E-state index contributed by atoms with van der Waals surface area (Å²) in [7, 11) is 0. The number of unbranched alkanes of at least 4 members (excludes halogenated alkanes) is 1. The summed E-state index contributed by atoms with van der Waals surface area (Å²) < 4.78 is 12.3. The second kappa shape index (κ2) is 9.96. The highest BCUT2D eigenvalue weighted by Crippen LogP contribution is 2.19. The quantitative estimate of drug-likeness (QED) is 0.326. The molecule has 1 atom stereocenters. The number of quaternary nitrogens is 1. The third kappa shape index (κ3) is 5.39. The van der Waals surface area contributed by atoms with Gasteiger partial charge in [0.1, 0.15) is 13.1 Å². The van der Waals surface area contributed by atoms with Crippen molar-refractivity contribution in [3.8, 4) is 6.07 Å². The lowest BCUT2D eigenvalue weighted by molar-refractivity contribution is -0.976. The Morgan fingerprint density at radius 2 is 2.06 bits per heavy atom. The first-order chi connectivity index (χ1) is 8.25. The molecule has 0 spiro atoms. The standard InChI is InChI=1S/C13H25N2O2.HI/c1-3-4-7-15(8-11-16-12-9-15)13(2)17-10-5-6-14;/h13H,3-5,7-12H2,1-2H3;1H/q+1;/p-1. The lowest BCUT2D eigenvalue weighted by Crippen LogP contribution is -3.00. The number of hydrogen-bond donors (Lipinski definition) is 0. The summed E-state index contributed by atoms with van der Waals surface area (Å²) in [5.41, 5.74) is 0. The molecule has 1 heterocycles. The molecule has 1 unspecified atom stereocenters. The summed E-state index contributed by atoms with van der Waals surface area (Å²) in [5.74, 6) is 0. The second-order valence-electron chi connectivity index (χ2n) is 4.73. The summed E-state index contributed by atoms with van der Waals surface area (Å²) in [5, 5.41) is 8.54. The Hall–Kier alpha value is 0.100. The Bertz CT molecular complexity index is 250. The number of ether oxygens (including phenoxy) is 2. The zero-order chi connectivity index (χ0) is 12.6. The van der Waals surface area contributed by atoms with Crippen molar-refractivity contribution in [3.63, 3.8) is 0 Å². The molecule has 1 saturated heterocycles. The molecule has 1 aliphatic rings. The van der Waals surface area contributed by atoms with E-state index in [4.69, 9.17) is 14.7 Å². The van der Waals surface area contributed by atoms with Crippen molar-refractivity contribution in [2.24, 2.45) is 0 Å². The molecule has 0 aromatic carbocycles. The van der Waals surface area contributed by atoms with Gasteiger partial charge in [0.2, 0.25) is 0 Å². The molecule has 0 saturated carbocycles. The number of rotatable bonds is 7. The SMILES string of the molecule is CCCC[N+]1(C(C)OCCC#N)CCOCC1.[I-]. The first kappa shape index (κ1) is 18.1. The summed E-state index contributed by atoms with van der Waals surface area (Å²) in [6.45, 7) is 9.79. The van der Waals surface area contributed by atoms with Crippen molar-refractivity contribution in [3.05, 3.63) is 0 Å². The third-order valence-corrected chi connectivity index (χ3v) is 3.66. The maximum atomic E-state index is 8.54. The fourth-order valence-corrected chi connectivity index (χ4v) is 2.38. The Kier molecular flexibility index (Phi) is 10.0. The van der Waals surface area contributed by atoms with Gasteiger partial charge in [-0.25, -0.2) is 0 Å². The number of hydrogen-bond acceptors (Lipinski definition) is 3. The van der Waals surface area contributed by atoms with Gasteiger partial charge in [-0.05, 0) is 6.42 Å². The molecule has 5 heteroatoms. The van der Waals surface area contributed by atoms with E-state index in [1.807, 2.05) is 0 Å². The van der Waals surface area contributed by atoms with E-state index >= 15 is 0 Å². The van der Waals surface area contributed by atoms with Gasteiger partial charge in [0.05, 0.1) is 38.9 Å². The average molecular weight is 368 g/mol. The smallest absolute Gasteiger partial charge is 0.190 e. The molecule has 1 rings (SSSR count). The zero-order valence-corrected chi connectivity index (χ0v) is 13.7. The van der Waals surface area contributed by atoms with E-state index in [1.165, 1.54) is 12.8 Å². The van der Waals surface area contributed by atoms with Crippen LogP contribution in [0.25, 0.3) is 0 Å². The van der Waals surface area contributed by atoms with Crippen molar-refractivity contribution in [1.82, 2.24) is 0 Å². The van der Waals surface area contributed by atoms with E-state index in [1.54, 1.807) is 0 Å². The summed E-state index contributed by atoms with van der Waals surface area (Å²) in [6.07, 6.45) is 3.10. The van der Waals surface area contributed by atoms with Crippen molar-refractivity contribution >= 4 is 0 Å². The minimum Gasteiger partial charge on any atom is -1.00 e. The van der Waals surface area contributed by atoms with E-state index < -0.39 is 0 Å². The Morgan fingerprint density at radius 3 is 2.61 bits per heavy atom. The topological polar surface area (TPSA) is 42.2 Å². The molecule has 0 radical (unpaired) electrons. The minimum atomic E-state index is 0. The van der Waals surface area contributed by atoms with Crippen molar-refractivity contribution in [1.29, 1.82) is 5.26 Å². The molecule has 18 heavy (non-hydrogen) atoms. The van der Waals surface area contributed by atoms with Crippen LogP contribution in [0.5, 0.6) is 0 Å². The molecular formula is C13H25IN2O2.